The molecule has 0 aliphatic carbocycles. The Bertz CT molecular complexity index is 1280. The molecule has 2 N–H and O–H groups in total. The molecule has 36 heavy (non-hydrogen) atoms. The Balaban J connectivity index is 1.51. The Morgan fingerprint density at radius 3 is 2.72 bits per heavy atom. The molecule has 8 nitrogen and oxygen atoms in total. The third kappa shape index (κ3) is 4.48. The molecule has 2 aliphatic heterocycles. The Morgan fingerprint density at radius 1 is 1.25 bits per heavy atom. The number of halogens is 1. The van der Waals surface area contributed by atoms with Crippen LogP contribution in [0.4, 0.5) is 9.18 Å². The number of likely N-dealkylation sites (tertiary alicyclic amines) is 1. The van der Waals surface area contributed by atoms with Crippen LogP contribution in [0, 0.1) is 17.2 Å². The summed E-state index contributed by atoms with van der Waals surface area (Å²) in [7, 11) is 0. The fourth-order valence-corrected chi connectivity index (χ4v) is 5.57. The molecule has 0 spiro atoms. The van der Waals surface area contributed by atoms with Crippen molar-refractivity contribution in [2.24, 2.45) is 11.3 Å². The van der Waals surface area contributed by atoms with Crippen LogP contribution >= 0.6 is 0 Å². The molecule has 0 bridgehead atoms. The molecule has 3 aromatic rings. The average Bonchev–Trinajstić information content (AvgIpc) is 3.21. The van der Waals surface area contributed by atoms with Gasteiger partial charge in [0.25, 0.3) is 0 Å². The van der Waals surface area contributed by atoms with Gasteiger partial charge in [0.1, 0.15) is 17.3 Å². The molecule has 3 atom stereocenters. The Morgan fingerprint density at radius 2 is 2.06 bits per heavy atom. The standard InChI is InChI=1S/C27H32FN3O5/c1-27(2,3)25-17(14-30(25)26(33)34)15-36-23-11-16(19-8-7-18(32)12-21(19)28)10-22-20(23)13-29-31(22)24-6-4-5-9-35-24/h7-8,10-13,17,24-25,32H,4-6,9,14-15H2,1-3H3,(H,33,34). The van der Waals surface area contributed by atoms with Crippen molar-refractivity contribution in [1.82, 2.24) is 14.7 Å². The van der Waals surface area contributed by atoms with Gasteiger partial charge in [-0.05, 0) is 54.5 Å². The number of phenolic OH excluding ortho intramolecular Hbond substituents is 1. The number of aromatic nitrogens is 2. The summed E-state index contributed by atoms with van der Waals surface area (Å²) in [6.45, 7) is 7.48. The van der Waals surface area contributed by atoms with Gasteiger partial charge in [-0.2, -0.15) is 5.10 Å². The number of hydrogen-bond donors (Lipinski definition) is 2. The number of amides is 1. The summed E-state index contributed by atoms with van der Waals surface area (Å²) >= 11 is 0. The van der Waals surface area contributed by atoms with Gasteiger partial charge >= 0.3 is 6.09 Å². The average molecular weight is 498 g/mol. The van der Waals surface area contributed by atoms with E-state index in [4.69, 9.17) is 9.47 Å². The van der Waals surface area contributed by atoms with Gasteiger partial charge in [0.15, 0.2) is 6.23 Å². The topological polar surface area (TPSA) is 97.1 Å². The van der Waals surface area contributed by atoms with E-state index in [-0.39, 0.29) is 29.4 Å². The molecule has 2 saturated heterocycles. The van der Waals surface area contributed by atoms with Gasteiger partial charge in [0.2, 0.25) is 0 Å². The molecule has 1 aromatic heterocycles. The summed E-state index contributed by atoms with van der Waals surface area (Å²) in [6.07, 6.45) is 3.50. The van der Waals surface area contributed by atoms with E-state index in [1.807, 2.05) is 31.5 Å². The van der Waals surface area contributed by atoms with Gasteiger partial charge in [0.05, 0.1) is 23.7 Å². The third-order valence-electron chi connectivity index (χ3n) is 7.17. The first-order valence-corrected chi connectivity index (χ1v) is 12.4. The van der Waals surface area contributed by atoms with Crippen molar-refractivity contribution in [3.8, 4) is 22.6 Å². The highest BCUT2D eigenvalue weighted by molar-refractivity contribution is 5.90. The summed E-state index contributed by atoms with van der Waals surface area (Å²) in [5, 5.41) is 24.6. The lowest BCUT2D eigenvalue weighted by Crippen LogP contribution is -2.64. The molecular formula is C27H32FN3O5. The van der Waals surface area contributed by atoms with Crippen LogP contribution in [-0.4, -0.2) is 56.8 Å². The van der Waals surface area contributed by atoms with Crippen LogP contribution in [0.25, 0.3) is 22.0 Å². The molecule has 0 radical (unpaired) electrons. The first-order valence-electron chi connectivity index (χ1n) is 12.4. The normalized spacial score (nSPS) is 22.4. The van der Waals surface area contributed by atoms with Crippen molar-refractivity contribution in [3.05, 3.63) is 42.3 Å². The number of aromatic hydroxyl groups is 1. The molecular weight excluding hydrogens is 465 g/mol. The van der Waals surface area contributed by atoms with Gasteiger partial charge in [0, 0.05) is 36.7 Å². The number of fused-ring (bicyclic) bond motifs is 1. The maximum Gasteiger partial charge on any atom is 0.407 e. The van der Waals surface area contributed by atoms with Gasteiger partial charge in [-0.25, -0.2) is 13.9 Å². The zero-order valence-corrected chi connectivity index (χ0v) is 20.8. The third-order valence-corrected chi connectivity index (χ3v) is 7.17. The lowest BCUT2D eigenvalue weighted by Gasteiger charge is -2.52. The fourth-order valence-electron chi connectivity index (χ4n) is 5.57. The van der Waals surface area contributed by atoms with Crippen LogP contribution in [0.15, 0.2) is 36.5 Å². The number of rotatable bonds is 5. The van der Waals surface area contributed by atoms with Crippen molar-refractivity contribution in [2.75, 3.05) is 19.8 Å². The minimum Gasteiger partial charge on any atom is -0.508 e. The second-order valence-corrected chi connectivity index (χ2v) is 10.8. The minimum atomic E-state index is -0.924. The van der Waals surface area contributed by atoms with Crippen LogP contribution in [0.2, 0.25) is 0 Å². The molecule has 2 aliphatic rings. The second-order valence-electron chi connectivity index (χ2n) is 10.8. The van der Waals surface area contributed by atoms with Crippen molar-refractivity contribution >= 4 is 17.0 Å². The monoisotopic (exact) mass is 497 g/mol. The molecule has 9 heteroatoms. The van der Waals surface area contributed by atoms with E-state index < -0.39 is 11.9 Å². The fraction of sp³-hybridized carbons (Fsp3) is 0.481. The smallest absolute Gasteiger partial charge is 0.407 e. The molecule has 192 valence electrons. The summed E-state index contributed by atoms with van der Waals surface area (Å²) in [5.74, 6) is -0.0970. The van der Waals surface area contributed by atoms with Crippen LogP contribution in [0.3, 0.4) is 0 Å². The van der Waals surface area contributed by atoms with Crippen LogP contribution in [-0.2, 0) is 4.74 Å². The molecule has 1 amide bonds. The highest BCUT2D eigenvalue weighted by Crippen LogP contribution is 2.40. The zero-order valence-electron chi connectivity index (χ0n) is 20.8. The second kappa shape index (κ2) is 9.28. The van der Waals surface area contributed by atoms with Crippen molar-refractivity contribution < 1.29 is 28.9 Å². The number of nitrogens with zero attached hydrogens (tertiary/aromatic N) is 3. The summed E-state index contributed by atoms with van der Waals surface area (Å²) in [4.78, 5) is 13.1. The van der Waals surface area contributed by atoms with Crippen molar-refractivity contribution in [1.29, 1.82) is 0 Å². The first kappa shape index (κ1) is 24.4. The number of phenols is 1. The molecule has 3 heterocycles. The van der Waals surface area contributed by atoms with E-state index in [9.17, 15) is 19.4 Å². The lowest BCUT2D eigenvalue weighted by atomic mass is 9.72. The number of benzene rings is 2. The van der Waals surface area contributed by atoms with Crippen LogP contribution in [0.1, 0.15) is 46.3 Å². The number of carbonyl (C=O) groups is 1. The Hall–Kier alpha value is -3.33. The molecule has 3 unspecified atom stereocenters. The van der Waals surface area contributed by atoms with E-state index >= 15 is 0 Å². The number of hydrogen-bond acceptors (Lipinski definition) is 5. The summed E-state index contributed by atoms with van der Waals surface area (Å²) in [5.41, 5.74) is 1.47. The number of carboxylic acid groups (broad SMARTS) is 1. The van der Waals surface area contributed by atoms with E-state index in [0.29, 0.717) is 36.6 Å². The van der Waals surface area contributed by atoms with E-state index in [2.05, 4.69) is 5.10 Å². The van der Waals surface area contributed by atoms with E-state index in [0.717, 1.165) is 36.2 Å². The largest absolute Gasteiger partial charge is 0.508 e. The van der Waals surface area contributed by atoms with Crippen LogP contribution in [0.5, 0.6) is 11.5 Å². The molecule has 5 rings (SSSR count). The SMILES string of the molecule is CC(C)(C)C1C(COc2cc(-c3ccc(O)cc3F)cc3c2cnn3C2CCCCO2)CN1C(=O)O. The summed E-state index contributed by atoms with van der Waals surface area (Å²) < 4.78 is 28.9. The van der Waals surface area contributed by atoms with Gasteiger partial charge in [-0.1, -0.05) is 20.8 Å². The van der Waals surface area contributed by atoms with Gasteiger partial charge < -0.3 is 24.6 Å². The predicted molar refractivity (Wildman–Crippen MR) is 133 cm³/mol. The first-order chi connectivity index (χ1) is 17.1. The minimum absolute atomic E-state index is 0.0296. The lowest BCUT2D eigenvalue weighted by molar-refractivity contribution is -0.0510. The van der Waals surface area contributed by atoms with Crippen LogP contribution < -0.4 is 4.74 Å². The highest BCUT2D eigenvalue weighted by Gasteiger charge is 2.48. The van der Waals surface area contributed by atoms with E-state index in [1.165, 1.54) is 11.0 Å². The quantitative estimate of drug-likeness (QED) is 0.473. The van der Waals surface area contributed by atoms with Crippen molar-refractivity contribution in [3.63, 3.8) is 0 Å². The maximum absolute atomic E-state index is 14.8. The van der Waals surface area contributed by atoms with Gasteiger partial charge in [-0.15, -0.1) is 0 Å². The van der Waals surface area contributed by atoms with E-state index in [1.54, 1.807) is 18.3 Å². The zero-order chi connectivity index (χ0) is 25.6. The Labute approximate surface area is 209 Å². The molecule has 0 saturated carbocycles. The van der Waals surface area contributed by atoms with Gasteiger partial charge in [-0.3, -0.25) is 0 Å². The maximum atomic E-state index is 14.8. The predicted octanol–water partition coefficient (Wildman–Crippen LogP) is 5.65. The van der Waals surface area contributed by atoms with Crippen molar-refractivity contribution in [2.45, 2.75) is 52.3 Å². The molecule has 2 fully saturated rings. The molecule has 2 aromatic carbocycles. The highest BCUT2D eigenvalue weighted by atomic mass is 19.1. The summed E-state index contributed by atoms with van der Waals surface area (Å²) in [6, 6.07) is 7.57. The Kier molecular flexibility index (Phi) is 6.28. The number of ether oxygens (including phenoxy) is 2.